The lowest BCUT2D eigenvalue weighted by Crippen LogP contribution is -2.58. The SMILES string of the molecule is N#Cc1ccc(Nc2ncnc(OC3C4COCC3CN(C(=O)OCCOCc3ccccc3)C4)c2F)c(Cl)c1. The van der Waals surface area contributed by atoms with Crippen molar-refractivity contribution in [1.29, 1.82) is 5.26 Å². The first-order valence-corrected chi connectivity index (χ1v) is 13.1. The Balaban J connectivity index is 1.16. The summed E-state index contributed by atoms with van der Waals surface area (Å²) in [4.78, 5) is 22.3. The van der Waals surface area contributed by atoms with Crippen molar-refractivity contribution in [3.63, 3.8) is 0 Å². The summed E-state index contributed by atoms with van der Waals surface area (Å²) < 4.78 is 38.1. The summed E-state index contributed by atoms with van der Waals surface area (Å²) in [5.74, 6) is -1.51. The zero-order valence-electron chi connectivity index (χ0n) is 21.5. The number of aromatic nitrogens is 2. The Morgan fingerprint density at radius 2 is 1.93 bits per heavy atom. The van der Waals surface area contributed by atoms with Crippen LogP contribution in [0.1, 0.15) is 11.1 Å². The number of halogens is 2. The number of fused-ring (bicyclic) bond motifs is 2. The third-order valence-electron chi connectivity index (χ3n) is 6.68. The zero-order chi connectivity index (χ0) is 27.9. The van der Waals surface area contributed by atoms with Crippen LogP contribution in [0.5, 0.6) is 5.88 Å². The molecule has 2 atom stereocenters. The van der Waals surface area contributed by atoms with Crippen LogP contribution in [0.2, 0.25) is 5.02 Å². The van der Waals surface area contributed by atoms with Crippen LogP contribution < -0.4 is 10.1 Å². The molecule has 2 bridgehead atoms. The molecule has 12 heteroatoms. The van der Waals surface area contributed by atoms with E-state index in [1.54, 1.807) is 17.0 Å². The van der Waals surface area contributed by atoms with Gasteiger partial charge in [-0.2, -0.15) is 14.6 Å². The molecule has 2 fully saturated rings. The molecule has 3 heterocycles. The van der Waals surface area contributed by atoms with Gasteiger partial charge < -0.3 is 29.2 Å². The van der Waals surface area contributed by atoms with Crippen molar-refractivity contribution in [3.8, 4) is 11.9 Å². The number of anilines is 2. The first-order valence-electron chi connectivity index (χ1n) is 12.8. The van der Waals surface area contributed by atoms with Gasteiger partial charge in [0.1, 0.15) is 19.0 Å². The lowest BCUT2D eigenvalue weighted by Gasteiger charge is -2.45. The molecule has 2 aliphatic heterocycles. The highest BCUT2D eigenvalue weighted by Crippen LogP contribution is 2.34. The minimum atomic E-state index is -0.778. The van der Waals surface area contributed by atoms with Crippen LogP contribution in [0.3, 0.4) is 0 Å². The Kier molecular flexibility index (Phi) is 8.91. The van der Waals surface area contributed by atoms with Crippen molar-refractivity contribution in [2.45, 2.75) is 12.7 Å². The Hall–Kier alpha value is -3.98. The third-order valence-corrected chi connectivity index (χ3v) is 7.00. The summed E-state index contributed by atoms with van der Waals surface area (Å²) in [5.41, 5.74) is 1.81. The predicted molar refractivity (Wildman–Crippen MR) is 143 cm³/mol. The monoisotopic (exact) mass is 567 g/mol. The van der Waals surface area contributed by atoms with E-state index >= 15 is 4.39 Å². The van der Waals surface area contributed by atoms with Crippen LogP contribution in [0.4, 0.5) is 20.7 Å². The van der Waals surface area contributed by atoms with Gasteiger partial charge in [0.15, 0.2) is 5.82 Å². The maximum absolute atomic E-state index is 15.3. The minimum absolute atomic E-state index is 0.117. The highest BCUT2D eigenvalue weighted by Gasteiger charge is 2.44. The van der Waals surface area contributed by atoms with Crippen LogP contribution in [0, 0.1) is 29.0 Å². The number of nitrogens with one attached hydrogen (secondary N) is 1. The van der Waals surface area contributed by atoms with E-state index in [1.807, 2.05) is 36.4 Å². The van der Waals surface area contributed by atoms with Crippen molar-refractivity contribution in [2.75, 3.05) is 44.8 Å². The van der Waals surface area contributed by atoms with E-state index in [0.29, 0.717) is 44.2 Å². The van der Waals surface area contributed by atoms with Gasteiger partial charge in [-0.15, -0.1) is 0 Å². The van der Waals surface area contributed by atoms with Crippen molar-refractivity contribution in [1.82, 2.24) is 14.9 Å². The first-order chi connectivity index (χ1) is 19.5. The summed E-state index contributed by atoms with van der Waals surface area (Å²) in [6.45, 7) is 2.24. The van der Waals surface area contributed by atoms with Gasteiger partial charge in [0.05, 0.1) is 48.8 Å². The van der Waals surface area contributed by atoms with Crippen LogP contribution in [0.25, 0.3) is 0 Å². The van der Waals surface area contributed by atoms with Crippen molar-refractivity contribution in [3.05, 3.63) is 76.8 Å². The second-order valence-electron chi connectivity index (χ2n) is 9.47. The Bertz CT molecular complexity index is 1360. The van der Waals surface area contributed by atoms with Crippen LogP contribution >= 0.6 is 11.6 Å². The molecule has 40 heavy (non-hydrogen) atoms. The topological polar surface area (TPSA) is 119 Å². The first kappa shape index (κ1) is 27.6. The Labute approximate surface area is 235 Å². The number of ether oxygens (including phenoxy) is 4. The average Bonchev–Trinajstić information content (AvgIpc) is 2.96. The molecule has 10 nitrogen and oxygen atoms in total. The number of likely N-dealkylation sites (tertiary alicyclic amines) is 1. The second kappa shape index (κ2) is 12.9. The molecule has 2 aliphatic rings. The number of carbonyl (C=O) groups excluding carboxylic acids is 1. The average molecular weight is 568 g/mol. The zero-order valence-corrected chi connectivity index (χ0v) is 22.2. The fraction of sp³-hybridized carbons (Fsp3) is 0.357. The summed E-state index contributed by atoms with van der Waals surface area (Å²) >= 11 is 6.21. The minimum Gasteiger partial charge on any atom is -0.471 e. The van der Waals surface area contributed by atoms with Gasteiger partial charge in [-0.25, -0.2) is 9.78 Å². The van der Waals surface area contributed by atoms with Crippen molar-refractivity contribution < 1.29 is 28.1 Å². The molecule has 208 valence electrons. The van der Waals surface area contributed by atoms with Gasteiger partial charge in [0.25, 0.3) is 5.88 Å². The fourth-order valence-corrected chi connectivity index (χ4v) is 4.98. The number of piperidine rings is 1. The molecule has 2 aromatic carbocycles. The largest absolute Gasteiger partial charge is 0.471 e. The van der Waals surface area contributed by atoms with Gasteiger partial charge in [-0.3, -0.25) is 0 Å². The smallest absolute Gasteiger partial charge is 0.409 e. The molecule has 0 spiro atoms. The predicted octanol–water partition coefficient (Wildman–Crippen LogP) is 4.56. The van der Waals surface area contributed by atoms with E-state index < -0.39 is 18.0 Å². The molecule has 0 radical (unpaired) electrons. The fourth-order valence-electron chi connectivity index (χ4n) is 4.75. The summed E-state index contributed by atoms with van der Waals surface area (Å²) in [6.07, 6.45) is 0.345. The van der Waals surface area contributed by atoms with E-state index in [9.17, 15) is 4.79 Å². The normalized spacial score (nSPS) is 19.9. The standard InChI is InChI=1S/C28H27ClFN5O5/c29-22-10-19(11-31)6-7-23(22)34-26-24(30)27(33-17-32-26)40-25-20-12-35(13-21(25)16-38-15-20)28(36)39-9-8-37-14-18-4-2-1-3-5-18/h1-7,10,17,20-21,25H,8-9,12-16H2,(H,32,33,34). The number of nitriles is 1. The quantitative estimate of drug-likeness (QED) is 0.371. The van der Waals surface area contributed by atoms with Gasteiger partial charge in [-0.1, -0.05) is 41.9 Å². The Morgan fingerprint density at radius 1 is 1.15 bits per heavy atom. The number of hydrogen-bond acceptors (Lipinski definition) is 9. The van der Waals surface area contributed by atoms with Gasteiger partial charge in [-0.05, 0) is 23.8 Å². The lowest BCUT2D eigenvalue weighted by atomic mass is 9.84. The van der Waals surface area contributed by atoms with E-state index in [2.05, 4.69) is 15.3 Å². The molecule has 0 saturated carbocycles. The van der Waals surface area contributed by atoms with Gasteiger partial charge >= 0.3 is 6.09 Å². The number of amides is 1. The van der Waals surface area contributed by atoms with Crippen molar-refractivity contribution >= 4 is 29.2 Å². The number of nitrogens with zero attached hydrogens (tertiary/aromatic N) is 4. The van der Waals surface area contributed by atoms with Gasteiger partial charge in [0, 0.05) is 24.9 Å². The van der Waals surface area contributed by atoms with Crippen molar-refractivity contribution in [2.24, 2.45) is 11.8 Å². The van der Waals surface area contributed by atoms with E-state index in [-0.39, 0.29) is 41.8 Å². The number of hydrogen-bond donors (Lipinski definition) is 1. The molecule has 1 amide bonds. The highest BCUT2D eigenvalue weighted by molar-refractivity contribution is 6.33. The van der Waals surface area contributed by atoms with E-state index in [1.165, 1.54) is 12.4 Å². The van der Waals surface area contributed by atoms with Crippen LogP contribution in [-0.2, 0) is 20.8 Å². The van der Waals surface area contributed by atoms with Gasteiger partial charge in [0.2, 0.25) is 5.82 Å². The third kappa shape index (κ3) is 6.59. The van der Waals surface area contributed by atoms with Crippen LogP contribution in [-0.4, -0.2) is 66.6 Å². The maximum atomic E-state index is 15.3. The summed E-state index contributed by atoms with van der Waals surface area (Å²) in [5, 5.41) is 12.1. The number of benzene rings is 2. The van der Waals surface area contributed by atoms with E-state index in [0.717, 1.165) is 5.56 Å². The lowest BCUT2D eigenvalue weighted by molar-refractivity contribution is -0.111. The molecule has 5 rings (SSSR count). The molecule has 2 saturated heterocycles. The Morgan fingerprint density at radius 3 is 2.65 bits per heavy atom. The number of carbonyl (C=O) groups is 1. The molecule has 2 unspecified atom stereocenters. The molecule has 0 aliphatic carbocycles. The highest BCUT2D eigenvalue weighted by atomic mass is 35.5. The summed E-state index contributed by atoms with van der Waals surface area (Å²) in [6, 6.07) is 16.3. The van der Waals surface area contributed by atoms with E-state index in [4.69, 9.17) is 35.8 Å². The number of rotatable bonds is 9. The second-order valence-corrected chi connectivity index (χ2v) is 9.88. The molecular weight excluding hydrogens is 541 g/mol. The molecule has 1 aromatic heterocycles. The molecular formula is C28H27ClFN5O5. The molecule has 1 N–H and O–H groups in total. The van der Waals surface area contributed by atoms with Crippen LogP contribution in [0.15, 0.2) is 54.9 Å². The molecule has 3 aromatic rings. The maximum Gasteiger partial charge on any atom is 0.409 e. The summed E-state index contributed by atoms with van der Waals surface area (Å²) in [7, 11) is 0.